The highest BCUT2D eigenvalue weighted by Crippen LogP contribution is 2.27. The number of nitrogens with zero attached hydrogens (tertiary/aromatic N) is 3. The van der Waals surface area contributed by atoms with E-state index < -0.39 is 0 Å². The third-order valence-corrected chi connectivity index (χ3v) is 4.35. The molecule has 4 heteroatoms. The van der Waals surface area contributed by atoms with Gasteiger partial charge in [-0.15, -0.1) is 0 Å². The van der Waals surface area contributed by atoms with E-state index in [1.807, 2.05) is 48.0 Å². The van der Waals surface area contributed by atoms with Gasteiger partial charge in [-0.1, -0.05) is 60.7 Å². The second-order valence-electron chi connectivity index (χ2n) is 6.22. The Morgan fingerprint density at radius 2 is 1.64 bits per heavy atom. The Morgan fingerprint density at radius 3 is 2.36 bits per heavy atom. The highest BCUT2D eigenvalue weighted by atomic mass is 15.3. The SMILES string of the molecule is Cc1cc(N[C@@H](C)c2ccccc2)n2ncc(-c3ccccc3)c2n1. The molecule has 0 fully saturated rings. The lowest BCUT2D eigenvalue weighted by Crippen LogP contribution is -2.11. The first-order valence-electron chi connectivity index (χ1n) is 8.44. The van der Waals surface area contributed by atoms with Gasteiger partial charge in [0, 0.05) is 23.4 Å². The average molecular weight is 328 g/mol. The third-order valence-electron chi connectivity index (χ3n) is 4.35. The fourth-order valence-corrected chi connectivity index (χ4v) is 3.06. The standard InChI is InChI=1S/C21H20N4/c1-15-13-20(24-16(2)17-9-5-3-6-10-17)25-21(23-15)19(14-22-25)18-11-7-4-8-12-18/h3-14,16,24H,1-2H3/t16-/m0/s1. The molecule has 0 aliphatic carbocycles. The Balaban J connectivity index is 1.76. The van der Waals surface area contributed by atoms with Crippen molar-refractivity contribution in [2.45, 2.75) is 19.9 Å². The van der Waals surface area contributed by atoms with Gasteiger partial charge < -0.3 is 5.32 Å². The van der Waals surface area contributed by atoms with Gasteiger partial charge in [0.15, 0.2) is 5.65 Å². The Bertz CT molecular complexity index is 991. The summed E-state index contributed by atoms with van der Waals surface area (Å²) < 4.78 is 1.88. The topological polar surface area (TPSA) is 42.2 Å². The van der Waals surface area contributed by atoms with Crippen molar-refractivity contribution >= 4 is 11.5 Å². The summed E-state index contributed by atoms with van der Waals surface area (Å²) >= 11 is 0. The summed E-state index contributed by atoms with van der Waals surface area (Å²) in [5.41, 5.74) is 5.24. The van der Waals surface area contributed by atoms with Crippen LogP contribution in [0.2, 0.25) is 0 Å². The molecule has 0 saturated carbocycles. The molecule has 2 heterocycles. The number of hydrogen-bond donors (Lipinski definition) is 1. The summed E-state index contributed by atoms with van der Waals surface area (Å²) in [5, 5.41) is 8.14. The number of rotatable bonds is 4. The number of benzene rings is 2. The molecule has 2 aromatic carbocycles. The molecule has 4 rings (SSSR count). The predicted octanol–water partition coefficient (Wildman–Crippen LogP) is 4.88. The largest absolute Gasteiger partial charge is 0.363 e. The Labute approximate surface area is 147 Å². The van der Waals surface area contributed by atoms with E-state index in [-0.39, 0.29) is 6.04 Å². The number of nitrogens with one attached hydrogen (secondary N) is 1. The smallest absolute Gasteiger partial charge is 0.165 e. The van der Waals surface area contributed by atoms with Crippen LogP contribution in [0.3, 0.4) is 0 Å². The monoisotopic (exact) mass is 328 g/mol. The van der Waals surface area contributed by atoms with Crippen molar-refractivity contribution in [3.63, 3.8) is 0 Å². The van der Waals surface area contributed by atoms with Crippen LogP contribution in [-0.4, -0.2) is 14.6 Å². The van der Waals surface area contributed by atoms with Crippen LogP contribution < -0.4 is 5.32 Å². The molecule has 0 amide bonds. The molecule has 0 spiro atoms. The summed E-state index contributed by atoms with van der Waals surface area (Å²) in [7, 11) is 0. The second-order valence-corrected chi connectivity index (χ2v) is 6.22. The van der Waals surface area contributed by atoms with Crippen molar-refractivity contribution in [1.29, 1.82) is 0 Å². The number of aromatic nitrogens is 3. The Hall–Kier alpha value is -3.14. The molecule has 4 aromatic rings. The number of anilines is 1. The zero-order chi connectivity index (χ0) is 17.2. The van der Waals surface area contributed by atoms with Gasteiger partial charge in [0.25, 0.3) is 0 Å². The quantitative estimate of drug-likeness (QED) is 0.580. The normalized spacial score (nSPS) is 12.2. The fourth-order valence-electron chi connectivity index (χ4n) is 3.06. The van der Waals surface area contributed by atoms with Crippen LogP contribution in [0, 0.1) is 6.92 Å². The summed E-state index contributed by atoms with van der Waals surface area (Å²) in [6.45, 7) is 4.17. The van der Waals surface area contributed by atoms with Gasteiger partial charge in [0.1, 0.15) is 5.82 Å². The minimum absolute atomic E-state index is 0.176. The van der Waals surface area contributed by atoms with Crippen LogP contribution in [0.1, 0.15) is 24.2 Å². The number of hydrogen-bond acceptors (Lipinski definition) is 3. The van der Waals surface area contributed by atoms with Gasteiger partial charge in [0.2, 0.25) is 0 Å². The van der Waals surface area contributed by atoms with E-state index in [0.717, 1.165) is 28.3 Å². The predicted molar refractivity (Wildman–Crippen MR) is 102 cm³/mol. The van der Waals surface area contributed by atoms with Gasteiger partial charge in [-0.2, -0.15) is 9.61 Å². The molecule has 1 atom stereocenters. The van der Waals surface area contributed by atoms with Crippen molar-refractivity contribution < 1.29 is 0 Å². The van der Waals surface area contributed by atoms with Crippen molar-refractivity contribution in [3.8, 4) is 11.1 Å². The van der Waals surface area contributed by atoms with Crippen LogP contribution in [-0.2, 0) is 0 Å². The van der Waals surface area contributed by atoms with E-state index in [0.29, 0.717) is 0 Å². The zero-order valence-corrected chi connectivity index (χ0v) is 14.3. The molecular formula is C21H20N4. The van der Waals surface area contributed by atoms with Gasteiger partial charge >= 0.3 is 0 Å². The molecule has 25 heavy (non-hydrogen) atoms. The van der Waals surface area contributed by atoms with E-state index >= 15 is 0 Å². The molecule has 0 aliphatic rings. The summed E-state index contributed by atoms with van der Waals surface area (Å²) in [6, 6.07) is 22.9. The molecule has 1 N–H and O–H groups in total. The summed E-state index contributed by atoms with van der Waals surface area (Å²) in [5.74, 6) is 0.945. The molecule has 4 nitrogen and oxygen atoms in total. The molecule has 0 radical (unpaired) electrons. The highest BCUT2D eigenvalue weighted by molar-refractivity contribution is 5.78. The van der Waals surface area contributed by atoms with E-state index in [1.165, 1.54) is 5.56 Å². The lowest BCUT2D eigenvalue weighted by Gasteiger charge is -2.17. The third kappa shape index (κ3) is 2.98. The fraction of sp³-hybridized carbons (Fsp3) is 0.143. The lowest BCUT2D eigenvalue weighted by molar-refractivity contribution is 0.838. The molecule has 2 aromatic heterocycles. The van der Waals surface area contributed by atoms with Crippen molar-refractivity contribution in [1.82, 2.24) is 14.6 Å². The summed E-state index contributed by atoms with van der Waals surface area (Å²) in [6.07, 6.45) is 1.88. The molecule has 0 saturated heterocycles. The molecule has 0 aliphatic heterocycles. The van der Waals surface area contributed by atoms with E-state index in [1.54, 1.807) is 0 Å². The van der Waals surface area contributed by atoms with Crippen molar-refractivity contribution in [3.05, 3.63) is 84.2 Å². The molecular weight excluding hydrogens is 308 g/mol. The van der Waals surface area contributed by atoms with Crippen LogP contribution >= 0.6 is 0 Å². The number of fused-ring (bicyclic) bond motifs is 1. The van der Waals surface area contributed by atoms with Crippen LogP contribution in [0.4, 0.5) is 5.82 Å². The Kier molecular flexibility index (Phi) is 3.94. The summed E-state index contributed by atoms with van der Waals surface area (Å²) in [4.78, 5) is 4.71. The van der Waals surface area contributed by atoms with Crippen molar-refractivity contribution in [2.24, 2.45) is 0 Å². The van der Waals surface area contributed by atoms with Gasteiger partial charge in [0.05, 0.1) is 6.20 Å². The number of aryl methyl sites for hydroxylation is 1. The maximum absolute atomic E-state index is 4.71. The first-order valence-corrected chi connectivity index (χ1v) is 8.44. The van der Waals surface area contributed by atoms with E-state index in [2.05, 4.69) is 53.7 Å². The van der Waals surface area contributed by atoms with Gasteiger partial charge in [-0.3, -0.25) is 0 Å². The van der Waals surface area contributed by atoms with Crippen LogP contribution in [0.5, 0.6) is 0 Å². The van der Waals surface area contributed by atoms with Gasteiger partial charge in [-0.25, -0.2) is 4.98 Å². The van der Waals surface area contributed by atoms with Crippen LogP contribution in [0.15, 0.2) is 72.9 Å². The average Bonchev–Trinajstić information content (AvgIpc) is 3.07. The zero-order valence-electron chi connectivity index (χ0n) is 14.3. The van der Waals surface area contributed by atoms with Crippen LogP contribution in [0.25, 0.3) is 16.8 Å². The maximum Gasteiger partial charge on any atom is 0.165 e. The molecule has 124 valence electrons. The highest BCUT2D eigenvalue weighted by Gasteiger charge is 2.13. The minimum atomic E-state index is 0.176. The molecule has 0 unspecified atom stereocenters. The first kappa shape index (κ1) is 15.4. The lowest BCUT2D eigenvalue weighted by atomic mass is 10.1. The maximum atomic E-state index is 4.71. The first-order chi connectivity index (χ1) is 12.2. The second kappa shape index (κ2) is 6.40. The minimum Gasteiger partial charge on any atom is -0.363 e. The van der Waals surface area contributed by atoms with E-state index in [9.17, 15) is 0 Å². The van der Waals surface area contributed by atoms with E-state index in [4.69, 9.17) is 4.98 Å². The Morgan fingerprint density at radius 1 is 0.960 bits per heavy atom. The molecule has 0 bridgehead atoms. The van der Waals surface area contributed by atoms with Gasteiger partial charge in [-0.05, 0) is 25.0 Å². The van der Waals surface area contributed by atoms with Crippen molar-refractivity contribution in [2.75, 3.05) is 5.32 Å².